The fraction of sp³-hybridized carbons (Fsp3) is 0.100. The maximum atomic E-state index is 6.36. The Morgan fingerprint density at radius 3 is 1.97 bits per heavy atom. The van der Waals surface area contributed by atoms with Crippen LogP contribution in [0.15, 0.2) is 108 Å². The minimum atomic E-state index is -0.00819. The fourth-order valence-electron chi connectivity index (χ4n) is 4.87. The first-order valence-corrected chi connectivity index (χ1v) is 11.0. The highest BCUT2D eigenvalue weighted by atomic mass is 16.4. The van der Waals surface area contributed by atoms with Gasteiger partial charge in [0.1, 0.15) is 5.69 Å². The van der Waals surface area contributed by atoms with Gasteiger partial charge in [-0.2, -0.15) is 0 Å². The zero-order valence-corrected chi connectivity index (χ0v) is 18.2. The molecule has 0 radical (unpaired) electrons. The van der Waals surface area contributed by atoms with Crippen molar-refractivity contribution in [3.63, 3.8) is 0 Å². The van der Waals surface area contributed by atoms with Gasteiger partial charge in [0.25, 0.3) is 0 Å². The second-order valence-electron chi connectivity index (χ2n) is 8.86. The summed E-state index contributed by atoms with van der Waals surface area (Å²) in [6.45, 7) is 4.60. The Hall–Kier alpha value is -3.91. The van der Waals surface area contributed by atoms with Crippen molar-refractivity contribution in [1.82, 2.24) is 4.98 Å². The average Bonchev–Trinajstić information content (AvgIpc) is 3.39. The van der Waals surface area contributed by atoms with E-state index in [9.17, 15) is 0 Å². The first kappa shape index (κ1) is 18.8. The van der Waals surface area contributed by atoms with Crippen molar-refractivity contribution in [3.05, 3.63) is 114 Å². The van der Waals surface area contributed by atoms with Crippen LogP contribution in [0.1, 0.15) is 25.0 Å². The highest BCUT2D eigenvalue weighted by Gasteiger charge is 2.35. The van der Waals surface area contributed by atoms with Gasteiger partial charge in [0.05, 0.1) is 0 Å². The summed E-state index contributed by atoms with van der Waals surface area (Å²) in [5, 5.41) is 0. The van der Waals surface area contributed by atoms with Gasteiger partial charge < -0.3 is 4.42 Å². The SMILES string of the molecule is CC1(C)c2ccccc2-c2cc(-c3nc(-c4ccccc4)oc3-c3ccccc3)ccc21. The minimum Gasteiger partial charge on any atom is -0.435 e. The van der Waals surface area contributed by atoms with Crippen LogP contribution < -0.4 is 0 Å². The third kappa shape index (κ3) is 2.84. The van der Waals surface area contributed by atoms with Crippen LogP contribution in [-0.4, -0.2) is 4.98 Å². The van der Waals surface area contributed by atoms with Crippen molar-refractivity contribution in [2.24, 2.45) is 0 Å². The largest absolute Gasteiger partial charge is 0.435 e. The van der Waals surface area contributed by atoms with Gasteiger partial charge in [0, 0.05) is 22.1 Å². The minimum absolute atomic E-state index is 0.00819. The summed E-state index contributed by atoms with van der Waals surface area (Å²) in [5.41, 5.74) is 9.26. The standard InChI is InChI=1S/C30H23NO/c1-30(2)25-16-10-9-15-23(25)24-19-22(17-18-26(24)30)27-28(20-11-5-3-6-12-20)32-29(31-27)21-13-7-4-8-14-21/h3-19H,1-2H3. The van der Waals surface area contributed by atoms with E-state index in [4.69, 9.17) is 9.40 Å². The van der Waals surface area contributed by atoms with Crippen LogP contribution in [-0.2, 0) is 5.41 Å². The molecule has 0 fully saturated rings. The van der Waals surface area contributed by atoms with Crippen LogP contribution in [0, 0.1) is 0 Å². The topological polar surface area (TPSA) is 26.0 Å². The molecule has 1 aromatic heterocycles. The van der Waals surface area contributed by atoms with E-state index in [1.807, 2.05) is 48.5 Å². The van der Waals surface area contributed by atoms with Gasteiger partial charge in [-0.25, -0.2) is 4.98 Å². The molecular weight excluding hydrogens is 390 g/mol. The third-order valence-electron chi connectivity index (χ3n) is 6.54. The normalized spacial score (nSPS) is 13.6. The number of fused-ring (bicyclic) bond motifs is 3. The maximum Gasteiger partial charge on any atom is 0.227 e. The summed E-state index contributed by atoms with van der Waals surface area (Å²) in [5.74, 6) is 1.44. The van der Waals surface area contributed by atoms with Gasteiger partial charge in [-0.05, 0) is 40.5 Å². The zero-order chi connectivity index (χ0) is 21.7. The molecule has 0 unspecified atom stereocenters. The first-order chi connectivity index (χ1) is 15.6. The van der Waals surface area contributed by atoms with Crippen LogP contribution in [0.5, 0.6) is 0 Å². The monoisotopic (exact) mass is 413 g/mol. The Kier molecular flexibility index (Phi) is 4.16. The molecule has 32 heavy (non-hydrogen) atoms. The summed E-state index contributed by atoms with van der Waals surface area (Å²) in [6.07, 6.45) is 0. The van der Waals surface area contributed by atoms with Crippen LogP contribution in [0.4, 0.5) is 0 Å². The zero-order valence-electron chi connectivity index (χ0n) is 18.2. The number of benzene rings is 4. The van der Waals surface area contributed by atoms with Gasteiger partial charge in [-0.15, -0.1) is 0 Å². The predicted octanol–water partition coefficient (Wildman–Crippen LogP) is 7.98. The molecule has 0 saturated heterocycles. The number of hydrogen-bond acceptors (Lipinski definition) is 2. The summed E-state index contributed by atoms with van der Waals surface area (Å²) in [7, 11) is 0. The van der Waals surface area contributed by atoms with Crippen molar-refractivity contribution in [2.75, 3.05) is 0 Å². The predicted molar refractivity (Wildman–Crippen MR) is 130 cm³/mol. The van der Waals surface area contributed by atoms with Crippen LogP contribution >= 0.6 is 0 Å². The van der Waals surface area contributed by atoms with Crippen LogP contribution in [0.2, 0.25) is 0 Å². The van der Waals surface area contributed by atoms with E-state index in [1.54, 1.807) is 0 Å². The van der Waals surface area contributed by atoms with E-state index in [2.05, 4.69) is 68.4 Å². The molecule has 0 atom stereocenters. The summed E-state index contributed by atoms with van der Waals surface area (Å²) in [6, 6.07) is 35.8. The number of nitrogens with zero attached hydrogens (tertiary/aromatic N) is 1. The van der Waals surface area contributed by atoms with E-state index in [0.29, 0.717) is 5.89 Å². The fourth-order valence-corrected chi connectivity index (χ4v) is 4.87. The molecule has 1 aliphatic rings. The van der Waals surface area contributed by atoms with Crippen molar-refractivity contribution in [2.45, 2.75) is 19.3 Å². The molecule has 6 rings (SSSR count). The Morgan fingerprint density at radius 1 is 0.594 bits per heavy atom. The molecule has 5 aromatic rings. The smallest absolute Gasteiger partial charge is 0.227 e. The van der Waals surface area contributed by atoms with Gasteiger partial charge in [-0.3, -0.25) is 0 Å². The van der Waals surface area contributed by atoms with Gasteiger partial charge >= 0.3 is 0 Å². The highest BCUT2D eigenvalue weighted by Crippen LogP contribution is 2.50. The molecule has 0 aliphatic heterocycles. The average molecular weight is 414 g/mol. The number of rotatable bonds is 3. The van der Waals surface area contributed by atoms with Gasteiger partial charge in [0.15, 0.2) is 5.76 Å². The number of aromatic nitrogens is 1. The van der Waals surface area contributed by atoms with Crippen molar-refractivity contribution < 1.29 is 4.42 Å². The molecule has 2 heteroatoms. The molecule has 0 bridgehead atoms. The van der Waals surface area contributed by atoms with Crippen molar-refractivity contribution in [1.29, 1.82) is 0 Å². The third-order valence-corrected chi connectivity index (χ3v) is 6.54. The Balaban J connectivity index is 1.57. The first-order valence-electron chi connectivity index (χ1n) is 11.0. The molecule has 2 nitrogen and oxygen atoms in total. The second-order valence-corrected chi connectivity index (χ2v) is 8.86. The second kappa shape index (κ2) is 7.06. The lowest BCUT2D eigenvalue weighted by atomic mass is 9.82. The van der Waals surface area contributed by atoms with E-state index in [1.165, 1.54) is 22.3 Å². The number of oxazole rings is 1. The van der Waals surface area contributed by atoms with E-state index < -0.39 is 0 Å². The Bertz CT molecular complexity index is 1430. The summed E-state index contributed by atoms with van der Waals surface area (Å²) < 4.78 is 6.36. The highest BCUT2D eigenvalue weighted by molar-refractivity contribution is 5.87. The quantitative estimate of drug-likeness (QED) is 0.300. The Morgan fingerprint density at radius 2 is 1.22 bits per heavy atom. The van der Waals surface area contributed by atoms with E-state index in [0.717, 1.165) is 28.1 Å². The lowest BCUT2D eigenvalue weighted by Crippen LogP contribution is -2.14. The molecule has 154 valence electrons. The lowest BCUT2D eigenvalue weighted by molar-refractivity contribution is 0.589. The molecular formula is C30H23NO. The molecule has 1 aliphatic carbocycles. The van der Waals surface area contributed by atoms with E-state index in [-0.39, 0.29) is 5.41 Å². The van der Waals surface area contributed by atoms with Crippen molar-refractivity contribution in [3.8, 4) is 45.2 Å². The summed E-state index contributed by atoms with van der Waals surface area (Å²) in [4.78, 5) is 4.98. The molecule has 0 spiro atoms. The lowest BCUT2D eigenvalue weighted by Gasteiger charge is -2.21. The van der Waals surface area contributed by atoms with Gasteiger partial charge in [0.2, 0.25) is 5.89 Å². The van der Waals surface area contributed by atoms with Crippen molar-refractivity contribution >= 4 is 0 Å². The van der Waals surface area contributed by atoms with Crippen LogP contribution in [0.3, 0.4) is 0 Å². The van der Waals surface area contributed by atoms with E-state index >= 15 is 0 Å². The van der Waals surface area contributed by atoms with Crippen LogP contribution in [0.25, 0.3) is 45.2 Å². The molecule has 1 heterocycles. The molecule has 0 saturated carbocycles. The molecule has 4 aromatic carbocycles. The Labute approximate surface area is 188 Å². The number of hydrogen-bond donors (Lipinski definition) is 0. The summed E-state index contributed by atoms with van der Waals surface area (Å²) >= 11 is 0. The molecule has 0 amide bonds. The molecule has 0 N–H and O–H groups in total. The maximum absolute atomic E-state index is 6.36. The van der Waals surface area contributed by atoms with Gasteiger partial charge in [-0.1, -0.05) is 98.8 Å².